The van der Waals surface area contributed by atoms with E-state index in [9.17, 15) is 0 Å². The van der Waals surface area contributed by atoms with Crippen LogP contribution in [0.1, 0.15) is 18.2 Å². The molecule has 1 heterocycles. The van der Waals surface area contributed by atoms with Crippen LogP contribution in [-0.2, 0) is 0 Å². The molecule has 1 aliphatic heterocycles. The number of rotatable bonds is 6. The summed E-state index contributed by atoms with van der Waals surface area (Å²) in [6.45, 7) is 0.927. The van der Waals surface area contributed by atoms with Gasteiger partial charge in [-0.2, -0.15) is 0 Å². The third kappa shape index (κ3) is 6.07. The topological polar surface area (TPSA) is 84.0 Å². The van der Waals surface area contributed by atoms with Gasteiger partial charge in [0.25, 0.3) is 0 Å². The maximum Gasteiger partial charge on any atom is 0.200 e. The van der Waals surface area contributed by atoms with Crippen LogP contribution in [0.2, 0.25) is 15.1 Å². The Balaban J connectivity index is 0.00000280. The van der Waals surface area contributed by atoms with E-state index in [0.29, 0.717) is 52.3 Å². The van der Waals surface area contributed by atoms with Crippen molar-refractivity contribution < 1.29 is 4.74 Å². The fourth-order valence-corrected chi connectivity index (χ4v) is 3.39. The van der Waals surface area contributed by atoms with Crippen molar-refractivity contribution in [3.05, 3.63) is 63.1 Å². The Bertz CT molecular complexity index is 837. The van der Waals surface area contributed by atoms with Crippen molar-refractivity contribution in [1.29, 1.82) is 0 Å². The molecule has 2 aromatic rings. The summed E-state index contributed by atoms with van der Waals surface area (Å²) in [6, 6.07) is 13.0. The summed E-state index contributed by atoms with van der Waals surface area (Å²) in [5.74, 6) is 1.31. The molecule has 150 valence electrons. The van der Waals surface area contributed by atoms with Gasteiger partial charge in [0.15, 0.2) is 23.8 Å². The van der Waals surface area contributed by atoms with E-state index >= 15 is 0 Å². The van der Waals surface area contributed by atoms with Crippen LogP contribution in [0.15, 0.2) is 52.4 Å². The largest absolute Gasteiger partial charge is 0.490 e. The molecular weight excluding hydrogens is 444 g/mol. The van der Waals surface area contributed by atoms with E-state index in [-0.39, 0.29) is 18.6 Å². The molecule has 6 nitrogen and oxygen atoms in total. The predicted molar refractivity (Wildman–Crippen MR) is 118 cm³/mol. The fourth-order valence-electron chi connectivity index (χ4n) is 2.47. The minimum Gasteiger partial charge on any atom is -0.490 e. The van der Waals surface area contributed by atoms with E-state index in [0.717, 1.165) is 5.56 Å². The number of benzene rings is 2. The molecule has 1 atom stereocenters. The quantitative estimate of drug-likeness (QED) is 0.555. The highest BCUT2D eigenvalue weighted by molar-refractivity contribution is 6.40. The monoisotopic (exact) mass is 461 g/mol. The van der Waals surface area contributed by atoms with Gasteiger partial charge in [-0.25, -0.2) is 4.99 Å². The Kier molecular flexibility index (Phi) is 8.51. The summed E-state index contributed by atoms with van der Waals surface area (Å²) in [5, 5.41) is 7.35. The first-order valence-corrected chi connectivity index (χ1v) is 9.40. The number of nitrogens with two attached hydrogens (primary N) is 1. The van der Waals surface area contributed by atoms with Gasteiger partial charge < -0.3 is 15.8 Å². The number of guanidine groups is 2. The smallest absolute Gasteiger partial charge is 0.200 e. The summed E-state index contributed by atoms with van der Waals surface area (Å²) in [6.07, 6.45) is 0.393. The van der Waals surface area contributed by atoms with E-state index in [1.165, 1.54) is 0 Å². The third-order valence-electron chi connectivity index (χ3n) is 3.69. The van der Waals surface area contributed by atoms with Crippen molar-refractivity contribution in [1.82, 2.24) is 10.6 Å². The first-order valence-electron chi connectivity index (χ1n) is 8.26. The molecule has 0 bridgehead atoms. The lowest BCUT2D eigenvalue weighted by Crippen LogP contribution is -2.50. The highest BCUT2D eigenvalue weighted by Gasteiger charge is 2.17. The van der Waals surface area contributed by atoms with E-state index < -0.39 is 0 Å². The normalized spacial score (nSPS) is 17.2. The van der Waals surface area contributed by atoms with Crippen LogP contribution in [0.4, 0.5) is 0 Å². The van der Waals surface area contributed by atoms with Gasteiger partial charge in [-0.05, 0) is 17.7 Å². The van der Waals surface area contributed by atoms with Gasteiger partial charge >= 0.3 is 0 Å². The maximum atomic E-state index is 6.09. The van der Waals surface area contributed by atoms with Gasteiger partial charge in [0.2, 0.25) is 0 Å². The van der Waals surface area contributed by atoms with Crippen LogP contribution in [0.5, 0.6) is 5.75 Å². The lowest BCUT2D eigenvalue weighted by molar-refractivity contribution is 0.314. The minimum atomic E-state index is -0.269. The van der Waals surface area contributed by atoms with Crippen molar-refractivity contribution >= 4 is 59.1 Å². The lowest BCUT2D eigenvalue weighted by Gasteiger charge is -2.24. The number of ether oxygens (including phenoxy) is 1. The molecule has 2 aromatic carbocycles. The van der Waals surface area contributed by atoms with Gasteiger partial charge in [0.05, 0.1) is 16.7 Å². The van der Waals surface area contributed by atoms with Crippen molar-refractivity contribution in [2.24, 2.45) is 15.7 Å². The predicted octanol–water partition coefficient (Wildman–Crippen LogP) is 4.40. The van der Waals surface area contributed by atoms with E-state index in [2.05, 4.69) is 20.6 Å². The van der Waals surface area contributed by atoms with Gasteiger partial charge in [-0.15, -0.1) is 12.4 Å². The zero-order valence-corrected chi connectivity index (χ0v) is 17.7. The molecule has 0 saturated heterocycles. The summed E-state index contributed by atoms with van der Waals surface area (Å²) in [5.41, 5.74) is 6.86. The first kappa shape index (κ1) is 22.4. The number of halogens is 4. The number of aliphatic imine (C=N–C) groups is 2. The van der Waals surface area contributed by atoms with E-state index in [1.807, 2.05) is 30.3 Å². The zero-order chi connectivity index (χ0) is 19.2. The molecule has 0 saturated carbocycles. The Morgan fingerprint density at radius 2 is 1.79 bits per heavy atom. The second kappa shape index (κ2) is 10.6. The molecule has 3 rings (SSSR count). The molecule has 0 radical (unpaired) electrons. The lowest BCUT2D eigenvalue weighted by atomic mass is 10.2. The molecule has 28 heavy (non-hydrogen) atoms. The van der Waals surface area contributed by atoms with Gasteiger partial charge in [-0.1, -0.05) is 65.1 Å². The average molecular weight is 463 g/mol. The number of hydrogen-bond acceptors (Lipinski definition) is 4. The molecule has 0 spiro atoms. The molecule has 10 heteroatoms. The minimum absolute atomic E-state index is 0. The Morgan fingerprint density at radius 1 is 1.11 bits per heavy atom. The molecule has 0 aliphatic carbocycles. The Hall–Kier alpha value is -1.86. The Labute approximate surface area is 184 Å². The molecule has 1 aliphatic rings. The van der Waals surface area contributed by atoms with Gasteiger partial charge in [0, 0.05) is 18.0 Å². The van der Waals surface area contributed by atoms with Crippen LogP contribution in [0, 0.1) is 0 Å². The van der Waals surface area contributed by atoms with E-state index in [4.69, 9.17) is 45.3 Å². The fraction of sp³-hybridized carbons (Fsp3) is 0.222. The van der Waals surface area contributed by atoms with Crippen molar-refractivity contribution in [2.45, 2.75) is 12.6 Å². The van der Waals surface area contributed by atoms with Gasteiger partial charge in [0.1, 0.15) is 0 Å². The second-order valence-electron chi connectivity index (χ2n) is 5.73. The van der Waals surface area contributed by atoms with Crippen molar-refractivity contribution in [3.8, 4) is 5.75 Å². The first-order chi connectivity index (χ1) is 13.0. The van der Waals surface area contributed by atoms with Crippen molar-refractivity contribution in [2.75, 3.05) is 13.2 Å². The summed E-state index contributed by atoms with van der Waals surface area (Å²) in [4.78, 5) is 8.81. The number of nitrogens with zero attached hydrogens (tertiary/aromatic N) is 2. The highest BCUT2D eigenvalue weighted by atomic mass is 35.5. The molecule has 0 aromatic heterocycles. The molecular formula is C18H19Cl4N5O. The SMILES string of the molecule is Cl.NC1=NC(c2ccccc2)NC(=NCCCOc2c(Cl)cc(Cl)cc2Cl)N1. The van der Waals surface area contributed by atoms with E-state index in [1.54, 1.807) is 12.1 Å². The summed E-state index contributed by atoms with van der Waals surface area (Å²) < 4.78 is 5.64. The molecule has 4 N–H and O–H groups in total. The van der Waals surface area contributed by atoms with Crippen LogP contribution in [-0.4, -0.2) is 25.1 Å². The number of hydrogen-bond donors (Lipinski definition) is 3. The van der Waals surface area contributed by atoms with Gasteiger partial charge in [-0.3, -0.25) is 10.3 Å². The zero-order valence-electron chi connectivity index (χ0n) is 14.7. The maximum absolute atomic E-state index is 6.09. The van der Waals surface area contributed by atoms with Crippen LogP contribution >= 0.6 is 47.2 Å². The molecule has 1 unspecified atom stereocenters. The summed E-state index contributed by atoms with van der Waals surface area (Å²) in [7, 11) is 0. The summed E-state index contributed by atoms with van der Waals surface area (Å²) >= 11 is 18.1. The number of nitrogens with one attached hydrogen (secondary N) is 2. The van der Waals surface area contributed by atoms with Crippen molar-refractivity contribution in [3.63, 3.8) is 0 Å². The third-order valence-corrected chi connectivity index (χ3v) is 4.46. The van der Waals surface area contributed by atoms with Crippen LogP contribution in [0.3, 0.4) is 0 Å². The molecule has 0 fully saturated rings. The Morgan fingerprint density at radius 3 is 2.46 bits per heavy atom. The van der Waals surface area contributed by atoms with Crippen LogP contribution in [0.25, 0.3) is 0 Å². The standard InChI is InChI=1S/C18H18Cl3N5O.ClH/c19-12-9-13(20)15(14(21)10-12)27-8-4-7-23-18-25-16(24-17(22)26-18)11-5-2-1-3-6-11;/h1-3,5-6,9-10,16H,4,7-8H2,(H4,22,23,24,25,26);1H. The highest BCUT2D eigenvalue weighted by Crippen LogP contribution is 2.35. The van der Waals surface area contributed by atoms with Crippen LogP contribution < -0.4 is 21.1 Å². The molecule has 0 amide bonds. The second-order valence-corrected chi connectivity index (χ2v) is 6.98. The average Bonchev–Trinajstić information content (AvgIpc) is 2.63.